The van der Waals surface area contributed by atoms with E-state index in [2.05, 4.69) is 4.98 Å². The molecule has 1 aliphatic heterocycles. The van der Waals surface area contributed by atoms with Gasteiger partial charge in [0.1, 0.15) is 4.34 Å². The zero-order valence-corrected chi connectivity index (χ0v) is 16.3. The molecule has 3 heterocycles. The highest BCUT2D eigenvalue weighted by Crippen LogP contribution is 2.49. The summed E-state index contributed by atoms with van der Waals surface area (Å²) < 4.78 is 20.4. The molecule has 0 bridgehead atoms. The third kappa shape index (κ3) is 3.14. The molecule has 3 aromatic rings. The largest absolute Gasteiger partial charge is 0.366 e. The van der Waals surface area contributed by atoms with Gasteiger partial charge in [-0.05, 0) is 53.5 Å². The number of amides is 1. The second kappa shape index (κ2) is 6.58. The lowest BCUT2D eigenvalue weighted by Crippen LogP contribution is -2.19. The van der Waals surface area contributed by atoms with Crippen molar-refractivity contribution in [1.82, 2.24) is 4.98 Å². The number of rotatable bonds is 3. The maximum Gasteiger partial charge on any atom is 0.250 e. The third-order valence-corrected chi connectivity index (χ3v) is 7.99. The van der Waals surface area contributed by atoms with Crippen molar-refractivity contribution < 1.29 is 13.9 Å². The number of nitrogens with two attached hydrogens (primary N) is 1. The number of H-pyrrole nitrogens is 1. The Hall–Kier alpha value is -1.51. The first-order valence-electron chi connectivity index (χ1n) is 8.27. The summed E-state index contributed by atoms with van der Waals surface area (Å²) in [5.74, 6) is 0.568. The van der Waals surface area contributed by atoms with Gasteiger partial charge in [0.05, 0.1) is 11.1 Å². The molecule has 26 heavy (non-hydrogen) atoms. The van der Waals surface area contributed by atoms with Crippen LogP contribution < -0.4 is 5.73 Å². The third-order valence-electron chi connectivity index (χ3n) is 5.04. The van der Waals surface area contributed by atoms with Gasteiger partial charge in [0.25, 0.3) is 5.91 Å². The Bertz CT molecular complexity index is 986. The summed E-state index contributed by atoms with van der Waals surface area (Å²) in [7, 11) is -2.43. The molecule has 1 aliphatic rings. The minimum Gasteiger partial charge on any atom is -0.366 e. The number of thiophene rings is 1. The van der Waals surface area contributed by atoms with Gasteiger partial charge in [0, 0.05) is 28.7 Å². The van der Waals surface area contributed by atoms with Crippen LogP contribution in [0, 0.1) is 0 Å². The normalized spacial score (nSPS) is 18.9. The first-order chi connectivity index (χ1) is 12.4. The second-order valence-corrected chi connectivity index (χ2v) is 10.6. The molecule has 1 fully saturated rings. The van der Waals surface area contributed by atoms with Gasteiger partial charge < -0.3 is 10.7 Å². The average Bonchev–Trinajstić information content (AvgIpc) is 3.20. The summed E-state index contributed by atoms with van der Waals surface area (Å²) in [5, 5.41) is 2.86. The van der Waals surface area contributed by atoms with Gasteiger partial charge in [-0.3, -0.25) is 13.9 Å². The van der Waals surface area contributed by atoms with Crippen LogP contribution in [0.4, 0.5) is 0 Å². The molecule has 1 saturated heterocycles. The number of carbonyl (C=O) groups is 1. The predicted molar refractivity (Wildman–Crippen MR) is 110 cm³/mol. The first-order valence-corrected chi connectivity index (χ1v) is 11.4. The van der Waals surface area contributed by atoms with Crippen molar-refractivity contribution in [2.75, 3.05) is 11.5 Å². The summed E-state index contributed by atoms with van der Waals surface area (Å²) in [5.41, 5.74) is 9.60. The van der Waals surface area contributed by atoms with E-state index in [4.69, 9.17) is 17.3 Å². The fourth-order valence-electron chi connectivity index (χ4n) is 3.66. The number of aromatic amines is 1. The molecule has 138 valence electrons. The monoisotopic (exact) mass is 410 g/mol. The number of nitrogens with one attached hydrogen (secondary N) is 1. The van der Waals surface area contributed by atoms with Crippen LogP contribution in [-0.2, 0) is 0 Å². The van der Waals surface area contributed by atoms with Gasteiger partial charge in [-0.1, -0.05) is 11.6 Å². The van der Waals surface area contributed by atoms with E-state index in [0.29, 0.717) is 34.2 Å². The number of primary amides is 1. The highest BCUT2D eigenvalue weighted by Gasteiger charge is 2.27. The number of halogens is 1. The van der Waals surface area contributed by atoms with Crippen LogP contribution in [0.2, 0.25) is 4.34 Å². The van der Waals surface area contributed by atoms with Crippen LogP contribution in [-0.4, -0.2) is 31.5 Å². The maximum atomic E-state index is 12.0. The smallest absolute Gasteiger partial charge is 0.250 e. The Kier molecular flexibility index (Phi) is 4.53. The van der Waals surface area contributed by atoms with Crippen molar-refractivity contribution in [2.24, 2.45) is 5.73 Å². The van der Waals surface area contributed by atoms with Crippen molar-refractivity contribution in [3.05, 3.63) is 45.2 Å². The molecule has 5 N–H and O–H groups in total. The van der Waals surface area contributed by atoms with Crippen molar-refractivity contribution in [3.8, 4) is 11.1 Å². The Morgan fingerprint density at radius 2 is 2.04 bits per heavy atom. The SMILES string of the molecule is NC(=O)c1cc(-c2ccsc2Cl)cc2c(C3CCS(O)(O)CC3)c[nH]c12. The van der Waals surface area contributed by atoms with Crippen LogP contribution >= 0.6 is 33.5 Å². The number of benzene rings is 1. The number of hydrogen-bond acceptors (Lipinski definition) is 4. The topological polar surface area (TPSA) is 99.3 Å². The number of hydrogen-bond donors (Lipinski definition) is 4. The van der Waals surface area contributed by atoms with Crippen LogP contribution in [0.3, 0.4) is 0 Å². The molecule has 0 saturated carbocycles. The Morgan fingerprint density at radius 3 is 2.65 bits per heavy atom. The molecule has 8 heteroatoms. The second-order valence-electron chi connectivity index (χ2n) is 6.65. The molecular weight excluding hydrogens is 392 g/mol. The Morgan fingerprint density at radius 1 is 1.31 bits per heavy atom. The van der Waals surface area contributed by atoms with Gasteiger partial charge in [-0.2, -0.15) is 10.6 Å². The van der Waals surface area contributed by atoms with Crippen LogP contribution in [0.25, 0.3) is 22.0 Å². The quantitative estimate of drug-likeness (QED) is 0.472. The summed E-state index contributed by atoms with van der Waals surface area (Å²) >= 11 is 7.73. The fourth-order valence-corrected chi connectivity index (χ4v) is 6.15. The number of carbonyl (C=O) groups excluding carboxylic acids is 1. The fraction of sp³-hybridized carbons (Fsp3) is 0.278. The van der Waals surface area contributed by atoms with Crippen molar-refractivity contribution in [2.45, 2.75) is 18.8 Å². The summed E-state index contributed by atoms with van der Waals surface area (Å²) in [4.78, 5) is 15.2. The van der Waals surface area contributed by atoms with E-state index in [0.717, 1.165) is 27.6 Å². The van der Waals surface area contributed by atoms with E-state index in [-0.39, 0.29) is 5.92 Å². The van der Waals surface area contributed by atoms with Gasteiger partial charge in [-0.25, -0.2) is 0 Å². The molecule has 0 unspecified atom stereocenters. The average molecular weight is 411 g/mol. The standard InChI is InChI=1S/C18H19ClN2O3S2/c19-17-12(1-4-25-17)11-7-13-15(10-2-5-26(23,24)6-3-10)9-21-16(13)14(8-11)18(20)22/h1,4,7-10,21,23-24H,2-3,5-6H2,(H2,20,22). The van der Waals surface area contributed by atoms with E-state index >= 15 is 0 Å². The van der Waals surface area contributed by atoms with Crippen LogP contribution in [0.15, 0.2) is 29.8 Å². The lowest BCUT2D eigenvalue weighted by atomic mass is 9.91. The number of aromatic nitrogens is 1. The first kappa shape index (κ1) is 17.9. The molecule has 4 rings (SSSR count). The zero-order valence-electron chi connectivity index (χ0n) is 13.9. The highest BCUT2D eigenvalue weighted by atomic mass is 35.5. The molecule has 1 aromatic carbocycles. The molecule has 5 nitrogen and oxygen atoms in total. The summed E-state index contributed by atoms with van der Waals surface area (Å²) in [6, 6.07) is 5.74. The molecule has 0 atom stereocenters. The zero-order chi connectivity index (χ0) is 18.5. The minimum atomic E-state index is -2.43. The van der Waals surface area contributed by atoms with Gasteiger partial charge in [0.2, 0.25) is 0 Å². The van der Waals surface area contributed by atoms with Crippen molar-refractivity contribution in [1.29, 1.82) is 0 Å². The lowest BCUT2D eigenvalue weighted by molar-refractivity contribution is 0.100. The molecule has 0 spiro atoms. The number of fused-ring (bicyclic) bond motifs is 1. The molecule has 0 aliphatic carbocycles. The van der Waals surface area contributed by atoms with E-state index in [9.17, 15) is 13.9 Å². The summed E-state index contributed by atoms with van der Waals surface area (Å²) in [6.45, 7) is 0. The summed E-state index contributed by atoms with van der Waals surface area (Å²) in [6.07, 6.45) is 3.34. The Balaban J connectivity index is 1.85. The maximum absolute atomic E-state index is 12.0. The van der Waals surface area contributed by atoms with Gasteiger partial charge in [0.15, 0.2) is 0 Å². The molecule has 1 amide bonds. The molecular formula is C18H19ClN2O3S2. The predicted octanol–water partition coefficient (Wildman–Crippen LogP) is 5.28. The molecule has 0 radical (unpaired) electrons. The van der Waals surface area contributed by atoms with Crippen LogP contribution in [0.5, 0.6) is 0 Å². The van der Waals surface area contributed by atoms with Crippen LogP contribution in [0.1, 0.15) is 34.7 Å². The van der Waals surface area contributed by atoms with E-state index < -0.39 is 16.5 Å². The minimum absolute atomic E-state index is 0.220. The van der Waals surface area contributed by atoms with Gasteiger partial charge >= 0.3 is 0 Å². The lowest BCUT2D eigenvalue weighted by Gasteiger charge is -2.39. The highest BCUT2D eigenvalue weighted by molar-refractivity contribution is 8.24. The Labute approximate surface area is 161 Å². The van der Waals surface area contributed by atoms with Crippen molar-refractivity contribution >= 4 is 50.3 Å². The van der Waals surface area contributed by atoms with Gasteiger partial charge in [-0.15, -0.1) is 11.3 Å². The molecule has 2 aromatic heterocycles. The van der Waals surface area contributed by atoms with E-state index in [1.165, 1.54) is 11.3 Å². The van der Waals surface area contributed by atoms with E-state index in [1.54, 1.807) is 6.07 Å². The van der Waals surface area contributed by atoms with E-state index in [1.807, 2.05) is 23.7 Å². The van der Waals surface area contributed by atoms with Crippen molar-refractivity contribution in [3.63, 3.8) is 0 Å².